The summed E-state index contributed by atoms with van der Waals surface area (Å²) in [6.07, 6.45) is 10.2. The molecular weight excluding hydrogens is 204 g/mol. The molecule has 0 heterocycles. The Labute approximate surface area is 94.2 Å². The van der Waals surface area contributed by atoms with Crippen LogP contribution in [0.1, 0.15) is 32.1 Å². The van der Waals surface area contributed by atoms with Crippen molar-refractivity contribution in [2.45, 2.75) is 44.2 Å². The van der Waals surface area contributed by atoms with Gasteiger partial charge in [0.25, 0.3) is 0 Å². The lowest BCUT2D eigenvalue weighted by molar-refractivity contribution is 0.336. The van der Waals surface area contributed by atoms with Crippen LogP contribution in [-0.4, -0.2) is 24.2 Å². The van der Waals surface area contributed by atoms with Crippen molar-refractivity contribution in [3.63, 3.8) is 0 Å². The number of allylic oxidation sites excluding steroid dienone is 1. The summed E-state index contributed by atoms with van der Waals surface area (Å²) in [5.41, 5.74) is 1.19. The van der Waals surface area contributed by atoms with E-state index in [9.17, 15) is 9.59 Å². The first-order valence-electron chi connectivity index (χ1n) is 5.70. The fourth-order valence-corrected chi connectivity index (χ4v) is 2.86. The first-order valence-corrected chi connectivity index (χ1v) is 5.70. The molecule has 2 aliphatic rings. The van der Waals surface area contributed by atoms with E-state index in [1.807, 2.05) is 0 Å². The van der Waals surface area contributed by atoms with Crippen LogP contribution in [0.2, 0.25) is 0 Å². The zero-order valence-electron chi connectivity index (χ0n) is 9.06. The third-order valence-corrected chi connectivity index (χ3v) is 3.54. The number of aliphatic imine (C=N–C) groups is 2. The molecule has 2 aliphatic carbocycles. The van der Waals surface area contributed by atoms with Gasteiger partial charge in [-0.2, -0.15) is 4.99 Å². The summed E-state index contributed by atoms with van der Waals surface area (Å²) >= 11 is 0. The van der Waals surface area contributed by atoms with Crippen LogP contribution < -0.4 is 0 Å². The van der Waals surface area contributed by atoms with Crippen molar-refractivity contribution >= 4 is 12.2 Å². The van der Waals surface area contributed by atoms with E-state index in [2.05, 4.69) is 16.1 Å². The van der Waals surface area contributed by atoms with E-state index in [0.29, 0.717) is 0 Å². The van der Waals surface area contributed by atoms with Gasteiger partial charge in [-0.05, 0) is 31.3 Å². The normalized spacial score (nSPS) is 32.8. The minimum atomic E-state index is -0.0269. The van der Waals surface area contributed by atoms with E-state index >= 15 is 0 Å². The molecule has 0 aromatic carbocycles. The molecule has 0 saturated heterocycles. The van der Waals surface area contributed by atoms with E-state index in [4.69, 9.17) is 0 Å². The number of fused-ring (bicyclic) bond motifs is 1. The van der Waals surface area contributed by atoms with E-state index in [-0.39, 0.29) is 18.0 Å². The molecule has 0 radical (unpaired) electrons. The number of nitrogens with zero attached hydrogens (tertiary/aromatic N) is 2. The van der Waals surface area contributed by atoms with E-state index in [0.717, 1.165) is 32.1 Å². The van der Waals surface area contributed by atoms with Crippen molar-refractivity contribution in [2.75, 3.05) is 0 Å². The molecule has 2 rings (SSSR count). The van der Waals surface area contributed by atoms with Crippen LogP contribution >= 0.6 is 0 Å². The molecule has 0 aromatic rings. The standard InChI is InChI=1S/C12H14N2O2/c15-7-13-11-5-1-3-9-10(11)4-2-6-12(9)14-8-16/h3,10-12H,1-2,4-6H2. The van der Waals surface area contributed by atoms with Crippen LogP contribution in [0.25, 0.3) is 0 Å². The predicted molar refractivity (Wildman–Crippen MR) is 58.5 cm³/mol. The van der Waals surface area contributed by atoms with Gasteiger partial charge in [0, 0.05) is 5.92 Å². The van der Waals surface area contributed by atoms with Crippen molar-refractivity contribution in [2.24, 2.45) is 15.9 Å². The maximum Gasteiger partial charge on any atom is 0.235 e. The monoisotopic (exact) mass is 218 g/mol. The molecule has 16 heavy (non-hydrogen) atoms. The van der Waals surface area contributed by atoms with Gasteiger partial charge in [0.15, 0.2) is 0 Å². The Morgan fingerprint density at radius 2 is 1.94 bits per heavy atom. The van der Waals surface area contributed by atoms with Gasteiger partial charge in [-0.1, -0.05) is 12.5 Å². The van der Waals surface area contributed by atoms with Crippen LogP contribution in [0, 0.1) is 5.92 Å². The second-order valence-electron chi connectivity index (χ2n) is 4.34. The van der Waals surface area contributed by atoms with Crippen molar-refractivity contribution in [3.05, 3.63) is 11.6 Å². The quantitative estimate of drug-likeness (QED) is 0.404. The lowest BCUT2D eigenvalue weighted by Crippen LogP contribution is -2.32. The summed E-state index contributed by atoms with van der Waals surface area (Å²) in [6, 6.07) is 0.0167. The number of carbonyl (C=O) groups excluding carboxylic acids is 2. The zero-order valence-corrected chi connectivity index (χ0v) is 9.06. The van der Waals surface area contributed by atoms with Crippen LogP contribution in [0.15, 0.2) is 21.6 Å². The van der Waals surface area contributed by atoms with Gasteiger partial charge in [0.05, 0.1) is 12.1 Å². The molecule has 4 heteroatoms. The molecule has 84 valence electrons. The number of hydrogen-bond acceptors (Lipinski definition) is 4. The minimum absolute atomic E-state index is 0.0269. The van der Waals surface area contributed by atoms with Crippen LogP contribution in [0.5, 0.6) is 0 Å². The molecule has 0 N–H and O–H groups in total. The van der Waals surface area contributed by atoms with Crippen molar-refractivity contribution in [3.8, 4) is 0 Å². The van der Waals surface area contributed by atoms with Crippen LogP contribution in [0.4, 0.5) is 0 Å². The summed E-state index contributed by atoms with van der Waals surface area (Å²) in [5.74, 6) is 0.283. The first-order chi connectivity index (χ1) is 7.86. The average Bonchev–Trinajstić information content (AvgIpc) is 2.31. The van der Waals surface area contributed by atoms with E-state index in [1.54, 1.807) is 12.2 Å². The Morgan fingerprint density at radius 3 is 2.69 bits per heavy atom. The Morgan fingerprint density at radius 1 is 1.12 bits per heavy atom. The Hall–Kier alpha value is -1.50. The highest BCUT2D eigenvalue weighted by molar-refractivity contribution is 5.38. The van der Waals surface area contributed by atoms with Gasteiger partial charge in [0.1, 0.15) is 0 Å². The Kier molecular flexibility index (Phi) is 3.45. The van der Waals surface area contributed by atoms with Crippen molar-refractivity contribution in [1.82, 2.24) is 0 Å². The summed E-state index contributed by atoms with van der Waals surface area (Å²) < 4.78 is 0. The molecule has 0 amide bonds. The smallest absolute Gasteiger partial charge is 0.211 e. The average molecular weight is 218 g/mol. The van der Waals surface area contributed by atoms with Crippen molar-refractivity contribution in [1.29, 1.82) is 0 Å². The highest BCUT2D eigenvalue weighted by Gasteiger charge is 2.34. The van der Waals surface area contributed by atoms with Crippen LogP contribution in [-0.2, 0) is 9.59 Å². The van der Waals surface area contributed by atoms with Gasteiger partial charge >= 0.3 is 0 Å². The van der Waals surface area contributed by atoms with Crippen molar-refractivity contribution < 1.29 is 9.59 Å². The third-order valence-electron chi connectivity index (χ3n) is 3.54. The van der Waals surface area contributed by atoms with E-state index < -0.39 is 0 Å². The summed E-state index contributed by atoms with van der Waals surface area (Å²) in [5, 5.41) is 0. The van der Waals surface area contributed by atoms with Crippen LogP contribution in [0.3, 0.4) is 0 Å². The molecule has 4 nitrogen and oxygen atoms in total. The molecule has 0 bridgehead atoms. The molecule has 3 unspecified atom stereocenters. The van der Waals surface area contributed by atoms with Gasteiger partial charge in [-0.3, -0.25) is 0 Å². The molecule has 0 aromatic heterocycles. The topological polar surface area (TPSA) is 58.9 Å². The lowest BCUT2D eigenvalue weighted by atomic mass is 9.73. The van der Waals surface area contributed by atoms with Gasteiger partial charge in [-0.15, -0.1) is 0 Å². The number of isocyanates is 2. The third kappa shape index (κ3) is 2.04. The fourth-order valence-electron chi connectivity index (χ4n) is 2.86. The highest BCUT2D eigenvalue weighted by atomic mass is 16.1. The summed E-state index contributed by atoms with van der Waals surface area (Å²) in [4.78, 5) is 28.4. The summed E-state index contributed by atoms with van der Waals surface area (Å²) in [7, 11) is 0. The fraction of sp³-hybridized carbons (Fsp3) is 0.667. The maximum absolute atomic E-state index is 10.4. The number of rotatable bonds is 2. The Balaban J connectivity index is 2.25. The molecule has 1 saturated carbocycles. The Bertz CT molecular complexity index is 390. The molecule has 0 spiro atoms. The van der Waals surface area contributed by atoms with Gasteiger partial charge in [0.2, 0.25) is 12.2 Å². The SMILES string of the molecule is O=C=NC1CCCC2C1=CCCC2N=C=O. The number of hydrogen-bond donors (Lipinski definition) is 0. The molecule has 1 fully saturated rings. The lowest BCUT2D eigenvalue weighted by Gasteiger charge is -2.35. The predicted octanol–water partition coefficient (Wildman–Crippen LogP) is 1.92. The molecular formula is C12H14N2O2. The second-order valence-corrected chi connectivity index (χ2v) is 4.34. The molecule has 3 atom stereocenters. The first kappa shape index (κ1) is 11.0. The second kappa shape index (κ2) is 5.02. The summed E-state index contributed by atoms with van der Waals surface area (Å²) in [6.45, 7) is 0. The maximum atomic E-state index is 10.4. The van der Waals surface area contributed by atoms with Gasteiger partial charge in [-0.25, -0.2) is 14.6 Å². The van der Waals surface area contributed by atoms with E-state index in [1.165, 1.54) is 5.57 Å². The van der Waals surface area contributed by atoms with Gasteiger partial charge < -0.3 is 0 Å². The zero-order chi connectivity index (χ0) is 11.4. The minimum Gasteiger partial charge on any atom is -0.211 e. The largest absolute Gasteiger partial charge is 0.235 e. The highest BCUT2D eigenvalue weighted by Crippen LogP contribution is 2.39. The molecule has 0 aliphatic heterocycles.